The van der Waals surface area contributed by atoms with Crippen LogP contribution in [-0.2, 0) is 0 Å². The van der Waals surface area contributed by atoms with Crippen LogP contribution in [0.5, 0.6) is 0 Å². The van der Waals surface area contributed by atoms with Crippen molar-refractivity contribution in [2.45, 2.75) is 43.9 Å². The van der Waals surface area contributed by atoms with Gasteiger partial charge in [0.2, 0.25) is 0 Å². The summed E-state index contributed by atoms with van der Waals surface area (Å²) in [6.45, 7) is 1.02. The van der Waals surface area contributed by atoms with E-state index < -0.39 is 18.1 Å². The Kier molecular flexibility index (Phi) is 3.45. The Morgan fingerprint density at radius 3 is 2.44 bits per heavy atom. The van der Waals surface area contributed by atoms with Crippen molar-refractivity contribution in [3.05, 3.63) is 0 Å². The second-order valence-electron chi connectivity index (χ2n) is 5.02. The molecule has 0 aromatic rings. The third-order valence-electron chi connectivity index (χ3n) is 3.95. The predicted molar refractivity (Wildman–Crippen MR) is 56.2 cm³/mol. The summed E-state index contributed by atoms with van der Waals surface area (Å²) >= 11 is 0. The summed E-state index contributed by atoms with van der Waals surface area (Å²) in [5.41, 5.74) is 0. The third-order valence-corrected chi connectivity index (χ3v) is 3.95. The van der Waals surface area contributed by atoms with Gasteiger partial charge in [-0.2, -0.15) is 13.2 Å². The molecule has 0 bridgehead atoms. The molecule has 1 saturated heterocycles. The van der Waals surface area contributed by atoms with Gasteiger partial charge in [-0.05, 0) is 32.9 Å². The molecule has 16 heavy (non-hydrogen) atoms. The van der Waals surface area contributed by atoms with Crippen LogP contribution in [0.4, 0.5) is 13.2 Å². The average molecular weight is 236 g/mol. The number of likely N-dealkylation sites (N-methyl/N-ethyl adjacent to an activating group) is 1. The van der Waals surface area contributed by atoms with Crippen LogP contribution in [0.3, 0.4) is 0 Å². The fourth-order valence-electron chi connectivity index (χ4n) is 2.64. The summed E-state index contributed by atoms with van der Waals surface area (Å²) in [5.74, 6) is -1.16. The third kappa shape index (κ3) is 2.51. The van der Waals surface area contributed by atoms with Gasteiger partial charge in [0.1, 0.15) is 0 Å². The summed E-state index contributed by atoms with van der Waals surface area (Å²) in [5, 5.41) is 2.99. The Labute approximate surface area is 94.2 Å². The fraction of sp³-hybridized carbons (Fsp3) is 1.00. The van der Waals surface area contributed by atoms with Crippen molar-refractivity contribution in [3.8, 4) is 0 Å². The first-order chi connectivity index (χ1) is 7.48. The van der Waals surface area contributed by atoms with Crippen molar-refractivity contribution in [3.63, 3.8) is 0 Å². The van der Waals surface area contributed by atoms with E-state index in [0.717, 1.165) is 12.8 Å². The van der Waals surface area contributed by atoms with Gasteiger partial charge in [0.05, 0.1) is 5.92 Å². The van der Waals surface area contributed by atoms with E-state index in [-0.39, 0.29) is 6.42 Å². The summed E-state index contributed by atoms with van der Waals surface area (Å²) in [6.07, 6.45) is -0.323. The van der Waals surface area contributed by atoms with Crippen LogP contribution in [0.1, 0.15) is 25.7 Å². The van der Waals surface area contributed by atoms with Crippen LogP contribution < -0.4 is 5.32 Å². The van der Waals surface area contributed by atoms with E-state index in [1.807, 2.05) is 7.05 Å². The molecule has 0 amide bonds. The van der Waals surface area contributed by atoms with Gasteiger partial charge in [-0.3, -0.25) is 0 Å². The number of nitrogens with zero attached hydrogens (tertiary/aromatic N) is 1. The first-order valence-corrected chi connectivity index (χ1v) is 5.99. The number of rotatable bonds is 3. The van der Waals surface area contributed by atoms with Gasteiger partial charge >= 0.3 is 6.18 Å². The van der Waals surface area contributed by atoms with Crippen molar-refractivity contribution in [2.75, 3.05) is 20.1 Å². The minimum absolute atomic E-state index is 0.229. The highest BCUT2D eigenvalue weighted by molar-refractivity contribution is 4.91. The molecule has 5 heteroatoms. The molecule has 2 atom stereocenters. The lowest BCUT2D eigenvalue weighted by molar-refractivity contribution is -0.177. The molecule has 2 rings (SSSR count). The highest BCUT2D eigenvalue weighted by Crippen LogP contribution is 2.35. The monoisotopic (exact) mass is 236 g/mol. The maximum atomic E-state index is 12.7. The van der Waals surface area contributed by atoms with Crippen LogP contribution in [0.25, 0.3) is 0 Å². The van der Waals surface area contributed by atoms with Gasteiger partial charge in [-0.1, -0.05) is 6.42 Å². The molecule has 1 aliphatic heterocycles. The smallest absolute Gasteiger partial charge is 0.312 e. The quantitative estimate of drug-likeness (QED) is 0.806. The first-order valence-electron chi connectivity index (χ1n) is 5.99. The van der Waals surface area contributed by atoms with E-state index in [4.69, 9.17) is 0 Å². The normalized spacial score (nSPS) is 32.1. The lowest BCUT2D eigenvalue weighted by atomic mass is 9.90. The van der Waals surface area contributed by atoms with Gasteiger partial charge in [0.25, 0.3) is 0 Å². The van der Waals surface area contributed by atoms with Crippen LogP contribution >= 0.6 is 0 Å². The van der Waals surface area contributed by atoms with E-state index in [2.05, 4.69) is 10.2 Å². The van der Waals surface area contributed by atoms with E-state index in [1.165, 1.54) is 6.42 Å². The summed E-state index contributed by atoms with van der Waals surface area (Å²) in [4.78, 5) is 2.09. The largest absolute Gasteiger partial charge is 0.393 e. The highest BCUT2D eigenvalue weighted by Gasteiger charge is 2.47. The minimum atomic E-state index is -4.05. The molecule has 2 nitrogen and oxygen atoms in total. The lowest BCUT2D eigenvalue weighted by Gasteiger charge is -2.37. The van der Waals surface area contributed by atoms with Crippen LogP contribution in [0.2, 0.25) is 0 Å². The second-order valence-corrected chi connectivity index (χ2v) is 5.02. The number of alkyl halides is 3. The molecule has 0 aromatic carbocycles. The molecular formula is C11H19F3N2. The molecule has 1 aliphatic carbocycles. The Bertz CT molecular complexity index is 238. The van der Waals surface area contributed by atoms with Gasteiger partial charge in [0.15, 0.2) is 0 Å². The van der Waals surface area contributed by atoms with E-state index >= 15 is 0 Å². The first kappa shape index (κ1) is 12.2. The summed E-state index contributed by atoms with van der Waals surface area (Å²) in [7, 11) is 1.94. The highest BCUT2D eigenvalue weighted by atomic mass is 19.4. The SMILES string of the molecule is CN(CC1NCCC1C(F)(F)F)C1CCC1. The van der Waals surface area contributed by atoms with Gasteiger partial charge < -0.3 is 10.2 Å². The lowest BCUT2D eigenvalue weighted by Crippen LogP contribution is -2.48. The Hall–Kier alpha value is -0.290. The van der Waals surface area contributed by atoms with Crippen LogP contribution in [0, 0.1) is 5.92 Å². The summed E-state index contributed by atoms with van der Waals surface area (Å²) in [6, 6.07) is 0.0990. The van der Waals surface area contributed by atoms with Crippen molar-refractivity contribution in [1.29, 1.82) is 0 Å². The van der Waals surface area contributed by atoms with Gasteiger partial charge in [-0.15, -0.1) is 0 Å². The van der Waals surface area contributed by atoms with Crippen LogP contribution in [-0.4, -0.2) is 43.3 Å². The second kappa shape index (κ2) is 4.53. The van der Waals surface area contributed by atoms with E-state index in [1.54, 1.807) is 0 Å². The summed E-state index contributed by atoms with van der Waals surface area (Å²) < 4.78 is 38.1. The molecule has 2 unspecified atom stereocenters. The molecule has 0 radical (unpaired) electrons. The Morgan fingerprint density at radius 2 is 1.94 bits per heavy atom. The number of nitrogens with one attached hydrogen (secondary N) is 1. The number of halogens is 3. The van der Waals surface area contributed by atoms with E-state index in [9.17, 15) is 13.2 Å². The minimum Gasteiger partial charge on any atom is -0.312 e. The zero-order chi connectivity index (χ0) is 11.8. The average Bonchev–Trinajstić information content (AvgIpc) is 2.47. The number of hydrogen-bond donors (Lipinski definition) is 1. The predicted octanol–water partition coefficient (Wildman–Crippen LogP) is 2.01. The molecule has 0 aromatic heterocycles. The standard InChI is InChI=1S/C11H19F3N2/c1-16(8-3-2-4-8)7-10-9(5-6-15-10)11(12,13)14/h8-10,15H,2-7H2,1H3. The molecule has 94 valence electrons. The molecule has 2 fully saturated rings. The van der Waals surface area contributed by atoms with Crippen molar-refractivity contribution >= 4 is 0 Å². The van der Waals surface area contributed by atoms with Crippen molar-refractivity contribution in [2.24, 2.45) is 5.92 Å². The van der Waals surface area contributed by atoms with E-state index in [0.29, 0.717) is 19.1 Å². The maximum Gasteiger partial charge on any atom is 0.393 e. The molecule has 2 aliphatic rings. The molecule has 1 heterocycles. The Morgan fingerprint density at radius 1 is 1.25 bits per heavy atom. The van der Waals surface area contributed by atoms with Gasteiger partial charge in [-0.25, -0.2) is 0 Å². The molecule has 0 spiro atoms. The number of hydrogen-bond acceptors (Lipinski definition) is 2. The van der Waals surface area contributed by atoms with Gasteiger partial charge in [0, 0.05) is 18.6 Å². The molecule has 1 saturated carbocycles. The topological polar surface area (TPSA) is 15.3 Å². The van der Waals surface area contributed by atoms with Crippen LogP contribution in [0.15, 0.2) is 0 Å². The van der Waals surface area contributed by atoms with Crippen molar-refractivity contribution in [1.82, 2.24) is 10.2 Å². The fourth-order valence-corrected chi connectivity index (χ4v) is 2.64. The Balaban J connectivity index is 1.87. The zero-order valence-electron chi connectivity index (χ0n) is 9.56. The molecular weight excluding hydrogens is 217 g/mol. The maximum absolute atomic E-state index is 12.7. The zero-order valence-corrected chi connectivity index (χ0v) is 9.56. The van der Waals surface area contributed by atoms with Crippen molar-refractivity contribution < 1.29 is 13.2 Å². The molecule has 1 N–H and O–H groups in total.